The van der Waals surface area contributed by atoms with Gasteiger partial charge in [-0.05, 0) is 44.9 Å². The third kappa shape index (κ3) is 40.5. The maximum absolute atomic E-state index is 13.0. The molecule has 1 saturated heterocycles. The second kappa shape index (κ2) is 51.3. The summed E-state index contributed by atoms with van der Waals surface area (Å²) >= 11 is 0. The minimum Gasteiger partial charge on any atom is -0.466 e. The van der Waals surface area contributed by atoms with Crippen LogP contribution in [0.1, 0.15) is 290 Å². The van der Waals surface area contributed by atoms with Crippen LogP contribution in [0.5, 0.6) is 0 Å². The van der Waals surface area contributed by atoms with Gasteiger partial charge in [-0.2, -0.15) is 0 Å². The van der Waals surface area contributed by atoms with Crippen molar-refractivity contribution in [3.63, 3.8) is 0 Å². The van der Waals surface area contributed by atoms with Crippen LogP contribution in [0.2, 0.25) is 0 Å². The van der Waals surface area contributed by atoms with Gasteiger partial charge in [0, 0.05) is 12.8 Å². The van der Waals surface area contributed by atoms with Crippen LogP contribution in [-0.2, 0) is 23.8 Å². The molecule has 1 heterocycles. The number of allylic oxidation sites excluding steroid dienone is 3. The monoisotopic (exact) mass is 1020 g/mol. The van der Waals surface area contributed by atoms with E-state index in [0.717, 1.165) is 64.2 Å². The molecule has 0 aromatic rings. The molecule has 0 aromatic heterocycles. The number of ether oxygens (including phenoxy) is 3. The van der Waals surface area contributed by atoms with Crippen LogP contribution >= 0.6 is 0 Å². The zero-order valence-corrected chi connectivity index (χ0v) is 46.7. The van der Waals surface area contributed by atoms with Crippen LogP contribution in [0.25, 0.3) is 0 Å². The van der Waals surface area contributed by atoms with Crippen LogP contribution in [0.4, 0.5) is 0 Å². The van der Waals surface area contributed by atoms with Crippen molar-refractivity contribution in [2.24, 2.45) is 0 Å². The predicted octanol–water partition coefficient (Wildman–Crippen LogP) is 14.1. The Hall–Kier alpha value is -1.86. The topological polar surface area (TPSA) is 175 Å². The van der Waals surface area contributed by atoms with Gasteiger partial charge in [-0.15, -0.1) is 0 Å². The number of aliphatic hydroxyl groups excluding tert-OH is 5. The molecule has 1 aliphatic rings. The Balaban J connectivity index is 2.08. The van der Waals surface area contributed by atoms with Gasteiger partial charge in [-0.3, -0.25) is 9.59 Å². The zero-order valence-electron chi connectivity index (χ0n) is 46.7. The molecule has 1 fully saturated rings. The van der Waals surface area contributed by atoms with Crippen molar-refractivity contribution in [1.29, 1.82) is 0 Å². The van der Waals surface area contributed by atoms with E-state index in [1.54, 1.807) is 6.08 Å². The van der Waals surface area contributed by atoms with Crippen LogP contribution in [0.3, 0.4) is 0 Å². The number of carbonyl (C=O) groups is 2. The van der Waals surface area contributed by atoms with Crippen molar-refractivity contribution in [3.8, 4) is 0 Å². The quantitative estimate of drug-likeness (QED) is 0.0195. The van der Waals surface area contributed by atoms with Crippen LogP contribution in [0, 0.1) is 0 Å². The number of aliphatic hydroxyl groups is 5. The molecule has 0 radical (unpaired) electrons. The van der Waals surface area contributed by atoms with Gasteiger partial charge in [0.2, 0.25) is 5.91 Å². The molecule has 1 rings (SSSR count). The molecule has 1 amide bonds. The van der Waals surface area contributed by atoms with E-state index in [4.69, 9.17) is 14.2 Å². The molecule has 7 unspecified atom stereocenters. The lowest BCUT2D eigenvalue weighted by atomic mass is 9.99. The molecule has 72 heavy (non-hydrogen) atoms. The fourth-order valence-electron chi connectivity index (χ4n) is 9.69. The Morgan fingerprint density at radius 2 is 0.903 bits per heavy atom. The molecule has 11 heteroatoms. The first-order chi connectivity index (χ1) is 35.2. The van der Waals surface area contributed by atoms with Gasteiger partial charge in [0.1, 0.15) is 24.4 Å². The van der Waals surface area contributed by atoms with E-state index in [0.29, 0.717) is 19.4 Å². The zero-order chi connectivity index (χ0) is 52.4. The molecule has 0 bridgehead atoms. The second-order valence-electron chi connectivity index (χ2n) is 21.4. The Morgan fingerprint density at radius 3 is 1.38 bits per heavy atom. The highest BCUT2D eigenvalue weighted by molar-refractivity contribution is 5.76. The maximum atomic E-state index is 13.0. The molecular weight excluding hydrogens is 907 g/mol. The SMILES string of the molecule is CCCCCCCCC/C=C/CC/C=C/C(O)C(COC1OC(CO)C(O)C(O)C1O)NC(=O)CCCCCCCCCCCCCCCCCCCCCCOC(=O)CCCCCCCCCCCCC. The van der Waals surface area contributed by atoms with Gasteiger partial charge in [-0.25, -0.2) is 0 Å². The molecule has 0 aliphatic carbocycles. The molecule has 11 nitrogen and oxygen atoms in total. The van der Waals surface area contributed by atoms with E-state index >= 15 is 0 Å². The highest BCUT2D eigenvalue weighted by atomic mass is 16.7. The van der Waals surface area contributed by atoms with Gasteiger partial charge < -0.3 is 45.1 Å². The van der Waals surface area contributed by atoms with Crippen molar-refractivity contribution in [3.05, 3.63) is 24.3 Å². The smallest absolute Gasteiger partial charge is 0.305 e. The minimum atomic E-state index is -1.58. The van der Waals surface area contributed by atoms with Crippen molar-refractivity contribution in [1.82, 2.24) is 5.32 Å². The third-order valence-electron chi connectivity index (χ3n) is 14.6. The normalized spacial score (nSPS) is 19.1. The first-order valence-corrected chi connectivity index (χ1v) is 30.6. The highest BCUT2D eigenvalue weighted by Crippen LogP contribution is 2.23. The van der Waals surface area contributed by atoms with Gasteiger partial charge in [0.05, 0.1) is 32.0 Å². The molecule has 0 spiro atoms. The standard InChI is InChI=1S/C61H115NO10/c1-3-5-7-9-11-13-15-24-28-31-35-39-43-47-54(64)53(52-71-61-60(69)59(68)58(67)55(51-63)72-61)62-56(65)48-44-40-36-32-29-25-22-20-18-16-17-19-21-23-26-30-34-38-42-46-50-70-57(66)49-45-41-37-33-27-14-12-10-8-6-4-2/h28,31,43,47,53-55,58-61,63-64,67-69H,3-27,29-30,32-42,44-46,48-52H2,1-2H3,(H,62,65)/b31-28+,47-43+. The average molecular weight is 1020 g/mol. The Bertz CT molecular complexity index is 1250. The summed E-state index contributed by atoms with van der Waals surface area (Å²) in [6, 6.07) is -0.828. The van der Waals surface area contributed by atoms with E-state index in [1.165, 1.54) is 199 Å². The number of nitrogens with one attached hydrogen (secondary N) is 1. The lowest BCUT2D eigenvalue weighted by Crippen LogP contribution is -2.60. The first-order valence-electron chi connectivity index (χ1n) is 30.6. The van der Waals surface area contributed by atoms with Gasteiger partial charge >= 0.3 is 5.97 Å². The van der Waals surface area contributed by atoms with Gasteiger partial charge in [0.15, 0.2) is 6.29 Å². The maximum Gasteiger partial charge on any atom is 0.305 e. The molecule has 424 valence electrons. The predicted molar refractivity (Wildman–Crippen MR) is 297 cm³/mol. The molecule has 1 aliphatic heterocycles. The summed E-state index contributed by atoms with van der Waals surface area (Å²) in [7, 11) is 0. The average Bonchev–Trinajstić information content (AvgIpc) is 3.38. The number of rotatable bonds is 53. The van der Waals surface area contributed by atoms with E-state index in [2.05, 4.69) is 31.3 Å². The van der Waals surface area contributed by atoms with Gasteiger partial charge in [-0.1, -0.05) is 256 Å². The number of hydrogen-bond acceptors (Lipinski definition) is 10. The summed E-state index contributed by atoms with van der Waals surface area (Å²) in [6.07, 6.45) is 51.3. The van der Waals surface area contributed by atoms with E-state index in [1.807, 2.05) is 6.08 Å². The molecule has 6 N–H and O–H groups in total. The third-order valence-corrected chi connectivity index (χ3v) is 14.6. The number of carbonyl (C=O) groups excluding carboxylic acids is 2. The van der Waals surface area contributed by atoms with Gasteiger partial charge in [0.25, 0.3) is 0 Å². The summed E-state index contributed by atoms with van der Waals surface area (Å²) in [5.74, 6) is -0.197. The second-order valence-corrected chi connectivity index (χ2v) is 21.4. The number of unbranched alkanes of at least 4 members (excludes halogenated alkanes) is 37. The highest BCUT2D eigenvalue weighted by Gasteiger charge is 2.44. The fourth-order valence-corrected chi connectivity index (χ4v) is 9.69. The van der Waals surface area contributed by atoms with E-state index < -0.39 is 49.5 Å². The van der Waals surface area contributed by atoms with Crippen molar-refractivity contribution in [2.75, 3.05) is 19.8 Å². The summed E-state index contributed by atoms with van der Waals surface area (Å²) < 4.78 is 16.7. The molecular formula is C61H115NO10. The summed E-state index contributed by atoms with van der Waals surface area (Å²) in [5.41, 5.74) is 0. The van der Waals surface area contributed by atoms with Crippen molar-refractivity contribution in [2.45, 2.75) is 333 Å². The number of esters is 1. The Kier molecular flexibility index (Phi) is 48.5. The lowest BCUT2D eigenvalue weighted by molar-refractivity contribution is -0.302. The number of hydrogen-bond donors (Lipinski definition) is 6. The summed E-state index contributed by atoms with van der Waals surface area (Å²) in [5, 5.41) is 54.4. The molecule has 0 aromatic carbocycles. The minimum absolute atomic E-state index is 0.00398. The van der Waals surface area contributed by atoms with Crippen LogP contribution < -0.4 is 5.32 Å². The van der Waals surface area contributed by atoms with Crippen molar-refractivity contribution >= 4 is 11.9 Å². The first kappa shape index (κ1) is 68.2. The van der Waals surface area contributed by atoms with Crippen LogP contribution in [-0.4, -0.2) is 100 Å². The summed E-state index contributed by atoms with van der Waals surface area (Å²) in [6.45, 7) is 4.32. The van der Waals surface area contributed by atoms with E-state index in [-0.39, 0.29) is 18.5 Å². The largest absolute Gasteiger partial charge is 0.466 e. The molecule has 7 atom stereocenters. The van der Waals surface area contributed by atoms with Crippen LogP contribution in [0.15, 0.2) is 24.3 Å². The Morgan fingerprint density at radius 1 is 0.500 bits per heavy atom. The fraction of sp³-hybridized carbons (Fsp3) is 0.902. The van der Waals surface area contributed by atoms with E-state index in [9.17, 15) is 35.1 Å². The summed E-state index contributed by atoms with van der Waals surface area (Å²) in [4.78, 5) is 25.1. The number of amides is 1. The lowest BCUT2D eigenvalue weighted by Gasteiger charge is -2.40. The molecule has 0 saturated carbocycles. The Labute approximate surface area is 441 Å². The van der Waals surface area contributed by atoms with Crippen molar-refractivity contribution < 1.29 is 49.3 Å².